The number of halogens is 3. The molecule has 29 heavy (non-hydrogen) atoms. The number of hydrogen-bond acceptors (Lipinski definition) is 1. The van der Waals surface area contributed by atoms with Crippen LogP contribution in [0, 0.1) is 5.41 Å². The molecule has 0 aliphatic rings. The molecule has 0 fully saturated rings. The Bertz CT molecular complexity index is 930. The molecule has 0 saturated heterocycles. The van der Waals surface area contributed by atoms with Gasteiger partial charge in [-0.15, -0.1) is 0 Å². The Kier molecular flexibility index (Phi) is 6.46. The summed E-state index contributed by atoms with van der Waals surface area (Å²) in [6, 6.07) is 3.33. The van der Waals surface area contributed by atoms with E-state index in [1.165, 1.54) is 0 Å². The molecule has 0 amide bonds. The molecule has 0 saturated carbocycles. The maximum Gasteiger partial charge on any atom is 0.408 e. The van der Waals surface area contributed by atoms with Gasteiger partial charge in [-0.25, -0.2) is 8.93 Å². The Morgan fingerprint density at radius 1 is 1.17 bits per heavy atom. The molecular weight excluding hydrogens is 397 g/mol. The second kappa shape index (κ2) is 7.91. The summed E-state index contributed by atoms with van der Waals surface area (Å²) in [5.74, 6) is 0. The van der Waals surface area contributed by atoms with Gasteiger partial charge in [0, 0.05) is 29.2 Å². The van der Waals surface area contributed by atoms with E-state index < -0.39 is 28.0 Å². The van der Waals surface area contributed by atoms with E-state index in [4.69, 9.17) is 0 Å². The summed E-state index contributed by atoms with van der Waals surface area (Å²) in [5.41, 5.74) is 2.40. The van der Waals surface area contributed by atoms with E-state index >= 15 is 0 Å². The molecule has 162 valence electrons. The molecule has 3 nitrogen and oxygen atoms in total. The van der Waals surface area contributed by atoms with Gasteiger partial charge in [-0.2, -0.15) is 13.2 Å². The van der Waals surface area contributed by atoms with Gasteiger partial charge in [-0.05, 0) is 44.7 Å². The fourth-order valence-corrected chi connectivity index (χ4v) is 3.88. The number of rotatable bonds is 5. The van der Waals surface area contributed by atoms with Crippen molar-refractivity contribution in [3.05, 3.63) is 42.1 Å². The average molecular weight is 429 g/mol. The number of hydrogen-bond donors (Lipinski definition) is 1. The maximum absolute atomic E-state index is 14.0. The zero-order chi connectivity index (χ0) is 22.4. The van der Waals surface area contributed by atoms with Crippen LogP contribution in [0.5, 0.6) is 0 Å². The number of aromatic nitrogens is 1. The Balaban J connectivity index is 2.70. The van der Waals surface area contributed by atoms with Crippen molar-refractivity contribution >= 4 is 27.5 Å². The van der Waals surface area contributed by atoms with Crippen molar-refractivity contribution in [2.45, 2.75) is 72.0 Å². The molecule has 0 aliphatic heterocycles. The lowest BCUT2D eigenvalue weighted by molar-refractivity contribution is -0.152. The van der Waals surface area contributed by atoms with Gasteiger partial charge in [0.05, 0.1) is 15.7 Å². The third-order valence-corrected chi connectivity index (χ3v) is 6.03. The van der Waals surface area contributed by atoms with Crippen LogP contribution in [0.15, 0.2) is 31.0 Å². The Morgan fingerprint density at radius 2 is 1.76 bits per heavy atom. The molecule has 7 heteroatoms. The smallest absolute Gasteiger partial charge is 0.347 e. The minimum absolute atomic E-state index is 0.0858. The van der Waals surface area contributed by atoms with E-state index in [1.54, 1.807) is 39.1 Å². The predicted molar refractivity (Wildman–Crippen MR) is 116 cm³/mol. The summed E-state index contributed by atoms with van der Waals surface area (Å²) >= 11 is 0. The number of nitrogens with one attached hydrogen (secondary N) is 1. The molecule has 2 aromatic rings. The van der Waals surface area contributed by atoms with E-state index in [0.29, 0.717) is 17.4 Å². The van der Waals surface area contributed by atoms with E-state index in [9.17, 15) is 17.4 Å². The lowest BCUT2D eigenvalue weighted by Gasteiger charge is -2.26. The summed E-state index contributed by atoms with van der Waals surface area (Å²) in [5, 5.41) is 0.500. The van der Waals surface area contributed by atoms with E-state index in [2.05, 4.69) is 11.3 Å². The Hall–Kier alpha value is -1.60. The highest BCUT2D eigenvalue weighted by Crippen LogP contribution is 2.39. The standard InChI is InChI=1S/C22H31F3N2OS/c1-14(2)15-9-10-16-17(12-27(18(16)11-15)13-20(3,4)5)19(22(23,24)25)26-29(28)21(6,7)8/h9-12,19,26H,1,13H2,2-8H3/t19-,29-/m0/s1. The van der Waals surface area contributed by atoms with Gasteiger partial charge >= 0.3 is 6.18 Å². The monoisotopic (exact) mass is 428 g/mol. The first-order chi connectivity index (χ1) is 13.0. The summed E-state index contributed by atoms with van der Waals surface area (Å²) in [4.78, 5) is 0. The molecule has 0 spiro atoms. The van der Waals surface area contributed by atoms with Gasteiger partial charge in [0.15, 0.2) is 0 Å². The minimum atomic E-state index is -4.59. The molecular formula is C22H31F3N2OS. The first-order valence-corrected chi connectivity index (χ1v) is 10.7. The molecule has 1 aromatic carbocycles. The summed E-state index contributed by atoms with van der Waals surface area (Å²) in [6.07, 6.45) is -3.04. The highest BCUT2D eigenvalue weighted by molar-refractivity contribution is 7.84. The van der Waals surface area contributed by atoms with Crippen LogP contribution in [0.4, 0.5) is 13.2 Å². The van der Waals surface area contributed by atoms with Gasteiger partial charge in [-0.1, -0.05) is 45.1 Å². The highest BCUT2D eigenvalue weighted by Gasteiger charge is 2.44. The quantitative estimate of drug-likeness (QED) is 0.589. The van der Waals surface area contributed by atoms with Crippen molar-refractivity contribution < 1.29 is 17.4 Å². The second-order valence-corrected chi connectivity index (χ2v) is 11.8. The third kappa shape index (κ3) is 5.72. The molecule has 0 unspecified atom stereocenters. The zero-order valence-electron chi connectivity index (χ0n) is 18.2. The van der Waals surface area contributed by atoms with E-state index in [0.717, 1.165) is 11.1 Å². The lowest BCUT2D eigenvalue weighted by atomic mass is 9.97. The second-order valence-electron chi connectivity index (χ2n) is 9.76. The molecule has 2 atom stereocenters. The van der Waals surface area contributed by atoms with Gasteiger partial charge in [-0.3, -0.25) is 0 Å². The van der Waals surface area contributed by atoms with Crippen molar-refractivity contribution in [2.24, 2.45) is 5.41 Å². The van der Waals surface area contributed by atoms with Crippen LogP contribution < -0.4 is 4.72 Å². The van der Waals surface area contributed by atoms with Crippen molar-refractivity contribution in [1.29, 1.82) is 0 Å². The van der Waals surface area contributed by atoms with Crippen molar-refractivity contribution in [3.63, 3.8) is 0 Å². The minimum Gasteiger partial charge on any atom is -0.347 e. The largest absolute Gasteiger partial charge is 0.408 e. The maximum atomic E-state index is 14.0. The molecule has 0 bridgehead atoms. The van der Waals surface area contributed by atoms with Crippen LogP contribution in [-0.2, 0) is 17.5 Å². The van der Waals surface area contributed by atoms with E-state index in [-0.39, 0.29) is 11.0 Å². The Morgan fingerprint density at radius 3 is 2.21 bits per heavy atom. The van der Waals surface area contributed by atoms with Crippen LogP contribution in [0.25, 0.3) is 16.5 Å². The predicted octanol–water partition coefficient (Wildman–Crippen LogP) is 6.38. The topological polar surface area (TPSA) is 34.0 Å². The molecule has 0 radical (unpaired) electrons. The van der Waals surface area contributed by atoms with Gasteiger partial charge in [0.1, 0.15) is 6.04 Å². The number of fused-ring (bicyclic) bond motifs is 1. The van der Waals surface area contributed by atoms with Crippen molar-refractivity contribution in [1.82, 2.24) is 9.29 Å². The normalized spacial score (nSPS) is 15.5. The van der Waals surface area contributed by atoms with Gasteiger partial charge in [0.25, 0.3) is 0 Å². The molecule has 1 aromatic heterocycles. The van der Waals surface area contributed by atoms with Crippen LogP contribution in [0.2, 0.25) is 0 Å². The first-order valence-electron chi connectivity index (χ1n) is 9.54. The average Bonchev–Trinajstić information content (AvgIpc) is 2.86. The number of alkyl halides is 3. The van der Waals surface area contributed by atoms with Gasteiger partial charge in [0.2, 0.25) is 0 Å². The molecule has 2 rings (SSSR count). The lowest BCUT2D eigenvalue weighted by Crippen LogP contribution is -2.41. The van der Waals surface area contributed by atoms with Crippen molar-refractivity contribution in [3.8, 4) is 0 Å². The van der Waals surface area contributed by atoms with Crippen LogP contribution in [-0.4, -0.2) is 19.7 Å². The zero-order valence-corrected chi connectivity index (χ0v) is 19.0. The van der Waals surface area contributed by atoms with Crippen LogP contribution in [0.3, 0.4) is 0 Å². The third-order valence-electron chi connectivity index (χ3n) is 4.47. The van der Waals surface area contributed by atoms with Crippen LogP contribution in [0.1, 0.15) is 65.6 Å². The number of benzene rings is 1. The summed E-state index contributed by atoms with van der Waals surface area (Å²) in [7, 11) is -1.87. The molecule has 0 aliphatic carbocycles. The Labute approximate surface area is 174 Å². The number of nitrogens with zero attached hydrogens (tertiary/aromatic N) is 1. The molecule has 1 N–H and O–H groups in total. The van der Waals surface area contributed by atoms with Gasteiger partial charge < -0.3 is 4.57 Å². The highest BCUT2D eigenvalue weighted by atomic mass is 32.2. The first kappa shape index (κ1) is 23.7. The van der Waals surface area contributed by atoms with Crippen molar-refractivity contribution in [2.75, 3.05) is 0 Å². The summed E-state index contributed by atoms with van der Waals surface area (Å²) < 4.78 is 57.9. The molecule has 1 heterocycles. The fraction of sp³-hybridized carbons (Fsp3) is 0.545. The summed E-state index contributed by atoms with van der Waals surface area (Å²) in [6.45, 7) is 17.4. The van der Waals surface area contributed by atoms with E-state index in [1.807, 2.05) is 38.3 Å². The van der Waals surface area contributed by atoms with Crippen LogP contribution >= 0.6 is 0 Å². The fourth-order valence-electron chi connectivity index (χ4n) is 3.05. The SMILES string of the molecule is C=C(C)c1ccc2c([C@H](N[S@@](=O)C(C)(C)C)C(F)(F)F)cn(CC(C)(C)C)c2c1. The number of allylic oxidation sites excluding steroid dienone is 1.